The van der Waals surface area contributed by atoms with Crippen LogP contribution in [0.1, 0.15) is 83.6 Å². The summed E-state index contributed by atoms with van der Waals surface area (Å²) in [5, 5.41) is 5.87. The number of ether oxygens (including phenoxy) is 3. The second-order valence-electron chi connectivity index (χ2n) is 18.0. The third kappa shape index (κ3) is 8.55. The highest BCUT2D eigenvalue weighted by molar-refractivity contribution is 7.91. The van der Waals surface area contributed by atoms with E-state index in [1.54, 1.807) is 7.11 Å². The van der Waals surface area contributed by atoms with E-state index in [0.29, 0.717) is 54.8 Å². The van der Waals surface area contributed by atoms with Crippen LogP contribution >= 0.6 is 0 Å². The van der Waals surface area contributed by atoms with Crippen molar-refractivity contribution in [1.29, 1.82) is 0 Å². The van der Waals surface area contributed by atoms with Crippen molar-refractivity contribution < 1.29 is 41.8 Å². The highest BCUT2D eigenvalue weighted by Crippen LogP contribution is 2.46. The molecule has 60 heavy (non-hydrogen) atoms. The number of hydrogen-bond acceptors (Lipinski definition) is 10. The summed E-state index contributed by atoms with van der Waals surface area (Å²) in [4.78, 5) is 63.3. The normalized spacial score (nSPS) is 27.2. The van der Waals surface area contributed by atoms with Crippen LogP contribution in [0, 0.1) is 17.3 Å². The van der Waals surface area contributed by atoms with Gasteiger partial charge in [0.05, 0.1) is 36.7 Å². The average molecular weight is 842 g/mol. The van der Waals surface area contributed by atoms with Crippen molar-refractivity contribution in [2.75, 3.05) is 20.3 Å². The Morgan fingerprint density at radius 3 is 2.48 bits per heavy atom. The van der Waals surface area contributed by atoms with Crippen LogP contribution in [0.4, 0.5) is 4.79 Å². The summed E-state index contributed by atoms with van der Waals surface area (Å²) in [6, 6.07) is 13.4. The van der Waals surface area contributed by atoms with E-state index in [2.05, 4.69) is 21.9 Å². The minimum absolute atomic E-state index is 0.00244. The van der Waals surface area contributed by atoms with Gasteiger partial charge >= 0.3 is 6.09 Å². The molecule has 0 spiro atoms. The van der Waals surface area contributed by atoms with E-state index in [9.17, 15) is 27.6 Å². The van der Waals surface area contributed by atoms with Gasteiger partial charge in [-0.25, -0.2) is 18.2 Å². The van der Waals surface area contributed by atoms with E-state index < -0.39 is 68.7 Å². The van der Waals surface area contributed by atoms with Crippen molar-refractivity contribution in [1.82, 2.24) is 25.2 Å². The van der Waals surface area contributed by atoms with E-state index in [1.807, 2.05) is 62.4 Å². The van der Waals surface area contributed by atoms with Crippen molar-refractivity contribution in [3.63, 3.8) is 0 Å². The summed E-state index contributed by atoms with van der Waals surface area (Å²) in [5.74, 6) is -1.41. The highest BCUT2D eigenvalue weighted by atomic mass is 32.2. The number of hydrogen-bond donors (Lipinski definition) is 3. The molecule has 0 radical (unpaired) electrons. The number of rotatable bonds is 9. The van der Waals surface area contributed by atoms with Gasteiger partial charge in [0.15, 0.2) is 0 Å². The molecule has 0 unspecified atom stereocenters. The van der Waals surface area contributed by atoms with Crippen molar-refractivity contribution in [3.05, 3.63) is 66.7 Å². The molecule has 5 atom stereocenters. The molecule has 5 aliphatic rings. The first kappa shape index (κ1) is 41.5. The Morgan fingerprint density at radius 2 is 1.80 bits per heavy atom. The predicted molar refractivity (Wildman–Crippen MR) is 224 cm³/mol. The number of nitrogens with zero attached hydrogens (tertiary/aromatic N) is 2. The smallest absolute Gasteiger partial charge is 0.407 e. The summed E-state index contributed by atoms with van der Waals surface area (Å²) in [7, 11) is -2.28. The van der Waals surface area contributed by atoms with E-state index >= 15 is 0 Å². The van der Waals surface area contributed by atoms with Crippen molar-refractivity contribution >= 4 is 44.7 Å². The summed E-state index contributed by atoms with van der Waals surface area (Å²) in [6.45, 7) is 8.03. The van der Waals surface area contributed by atoms with Gasteiger partial charge in [-0.2, -0.15) is 0 Å². The number of aryl methyl sites for hydroxylation is 1. The lowest BCUT2D eigenvalue weighted by Crippen LogP contribution is -2.59. The van der Waals surface area contributed by atoms with Crippen molar-refractivity contribution in [3.8, 4) is 22.8 Å². The van der Waals surface area contributed by atoms with Gasteiger partial charge in [-0.3, -0.25) is 19.1 Å². The van der Waals surface area contributed by atoms with Gasteiger partial charge in [-0.05, 0) is 74.3 Å². The Balaban J connectivity index is 1.19. The zero-order chi connectivity index (χ0) is 42.4. The van der Waals surface area contributed by atoms with Crippen LogP contribution in [0.3, 0.4) is 0 Å². The molecule has 14 nitrogen and oxygen atoms in total. The third-order valence-corrected chi connectivity index (χ3v) is 14.8. The minimum Gasteiger partial charge on any atom is -0.496 e. The van der Waals surface area contributed by atoms with E-state index in [0.717, 1.165) is 42.2 Å². The van der Waals surface area contributed by atoms with Gasteiger partial charge in [0.2, 0.25) is 21.8 Å². The maximum absolute atomic E-state index is 14.9. The number of alkyl carbamates (subject to hydrolysis) is 1. The second-order valence-corrected chi connectivity index (χ2v) is 19.9. The minimum atomic E-state index is -3.91. The molecule has 3 aromatic rings. The number of pyridine rings is 1. The van der Waals surface area contributed by atoms with Crippen LogP contribution in [-0.2, 0) is 35.6 Å². The molecule has 3 heterocycles. The topological polar surface area (TPSA) is 182 Å². The van der Waals surface area contributed by atoms with Gasteiger partial charge in [0.25, 0.3) is 5.91 Å². The highest BCUT2D eigenvalue weighted by Gasteiger charge is 2.62. The zero-order valence-electron chi connectivity index (χ0n) is 34.5. The number of nitrogens with one attached hydrogen (secondary N) is 3. The molecule has 3 aliphatic carbocycles. The van der Waals surface area contributed by atoms with Gasteiger partial charge in [0.1, 0.15) is 35.2 Å². The third-order valence-electron chi connectivity index (χ3n) is 12.9. The lowest BCUT2D eigenvalue weighted by Gasteiger charge is -2.32. The fraction of sp³-hybridized carbons (Fsp3) is 0.533. The molecule has 4 fully saturated rings. The molecule has 4 amide bonds. The Morgan fingerprint density at radius 1 is 1.05 bits per heavy atom. The summed E-state index contributed by atoms with van der Waals surface area (Å²) in [6.07, 6.45) is 6.66. The summed E-state index contributed by atoms with van der Waals surface area (Å²) < 4.78 is 46.5. The Hall–Kier alpha value is -5.18. The fourth-order valence-corrected chi connectivity index (χ4v) is 10.6. The molecule has 2 aromatic carbocycles. The molecular weight excluding hydrogens is 787 g/mol. The van der Waals surface area contributed by atoms with E-state index in [1.165, 1.54) is 11.0 Å². The molecule has 320 valence electrons. The number of carbonyl (C=O) groups is 4. The fourth-order valence-electron chi connectivity index (χ4n) is 9.19. The molecule has 1 aromatic heterocycles. The Kier molecular flexibility index (Phi) is 11.3. The number of fused-ring (bicyclic) bond motifs is 3. The number of sulfonamides is 1. The van der Waals surface area contributed by atoms with E-state index in [4.69, 9.17) is 19.2 Å². The molecule has 15 heteroatoms. The predicted octanol–water partition coefficient (Wildman–Crippen LogP) is 5.58. The zero-order valence-corrected chi connectivity index (χ0v) is 35.4. The SMILES string of the molecule is C=C[C@H]1C[C@]1(NC(=O)[C@@H]1C[C@@H]2CN1C(=O)[C@H](C1CCCC1)NC(=O)OCC(C)(C)CCCc1cc3c(cc(-c4ccccc4)nc3cc1OC)O2)C(=O)NS(=O)(=O)C1CC1. The van der Waals surface area contributed by atoms with Crippen LogP contribution in [0.15, 0.2) is 61.2 Å². The first-order valence-electron chi connectivity index (χ1n) is 21.2. The number of aromatic nitrogens is 1. The lowest BCUT2D eigenvalue weighted by molar-refractivity contribution is -0.142. The maximum atomic E-state index is 14.9. The number of cyclic esters (lactones) is 1. The van der Waals surface area contributed by atoms with Crippen LogP contribution in [0.2, 0.25) is 0 Å². The number of benzene rings is 2. The van der Waals surface area contributed by atoms with Gasteiger partial charge in [0, 0.05) is 35.4 Å². The number of methoxy groups -OCH3 is 1. The maximum Gasteiger partial charge on any atom is 0.407 e. The van der Waals surface area contributed by atoms with Crippen molar-refractivity contribution in [2.45, 2.75) is 113 Å². The second kappa shape index (κ2) is 16.4. The first-order chi connectivity index (χ1) is 28.7. The van der Waals surface area contributed by atoms with Gasteiger partial charge in [-0.1, -0.05) is 63.1 Å². The lowest BCUT2D eigenvalue weighted by atomic mass is 9.87. The quantitative estimate of drug-likeness (QED) is 0.230. The van der Waals surface area contributed by atoms with Gasteiger partial charge < -0.3 is 29.7 Å². The van der Waals surface area contributed by atoms with Crippen LogP contribution in [0.25, 0.3) is 22.2 Å². The molecular formula is C45H55N5O9S. The van der Waals surface area contributed by atoms with Gasteiger partial charge in [-0.15, -0.1) is 6.58 Å². The number of amides is 4. The molecule has 1 saturated heterocycles. The Labute approximate surface area is 351 Å². The standard InChI is InChI=1S/C45H55N5O9S/c1-5-30-24-45(30,42(53)49-60(55,56)32-17-18-32)48-40(51)36-21-31-25-50(36)41(52)39(28-14-9-10-15-28)47-43(54)58-26-44(2,3)19-11-16-29-20-33-35(23-37(29)57-4)46-34(22-38(33)59-31)27-12-7-6-8-13-27/h5-8,12-13,20,22-23,28,30-32,36,39H,1,9-11,14-19,21,24-26H2,2-4H3,(H,47,54)(H,48,51)(H,49,53)/t30-,31+,36-,39-,45+/m0/s1. The molecule has 3 N–H and O–H groups in total. The van der Waals surface area contributed by atoms with Crippen molar-refractivity contribution in [2.24, 2.45) is 17.3 Å². The largest absolute Gasteiger partial charge is 0.496 e. The molecule has 3 saturated carbocycles. The molecule has 4 bridgehead atoms. The number of carbonyl (C=O) groups excluding carboxylic acids is 4. The van der Waals surface area contributed by atoms with Crippen LogP contribution in [-0.4, -0.2) is 91.4 Å². The monoisotopic (exact) mass is 841 g/mol. The molecule has 8 rings (SSSR count). The average Bonchev–Trinajstić information content (AvgIpc) is 4.10. The van der Waals surface area contributed by atoms with Crippen LogP contribution in [0.5, 0.6) is 11.5 Å². The molecule has 2 aliphatic heterocycles. The van der Waals surface area contributed by atoms with Crippen LogP contribution < -0.4 is 24.8 Å². The summed E-state index contributed by atoms with van der Waals surface area (Å²) in [5.41, 5.74) is 1.21. The Bertz CT molecular complexity index is 2290. The summed E-state index contributed by atoms with van der Waals surface area (Å²) >= 11 is 0. The van der Waals surface area contributed by atoms with E-state index in [-0.39, 0.29) is 37.3 Å². The first-order valence-corrected chi connectivity index (χ1v) is 22.7.